The van der Waals surface area contributed by atoms with E-state index in [-0.39, 0.29) is 6.42 Å². The van der Waals surface area contributed by atoms with Crippen LogP contribution in [0.1, 0.15) is 26.7 Å². The fourth-order valence-electron chi connectivity index (χ4n) is 1.66. The standard InChI is InChI=1S/C14H19FN2O3/c1-14(2,8-7-12(18)19)16-13(20)17(3)11-6-4-5-10(15)9-11/h4-6,9H,7-8H2,1-3H3,(H,16,20)(H,18,19). The molecule has 0 heterocycles. The highest BCUT2D eigenvalue weighted by Crippen LogP contribution is 2.16. The first-order valence-electron chi connectivity index (χ1n) is 6.24. The molecule has 5 nitrogen and oxygen atoms in total. The molecule has 2 N–H and O–H groups in total. The van der Waals surface area contributed by atoms with E-state index in [0.717, 1.165) is 0 Å². The summed E-state index contributed by atoms with van der Waals surface area (Å²) in [6.45, 7) is 3.49. The number of hydrogen-bond acceptors (Lipinski definition) is 2. The number of halogens is 1. The van der Waals surface area contributed by atoms with Crippen molar-refractivity contribution in [3.05, 3.63) is 30.1 Å². The Morgan fingerprint density at radius 3 is 2.60 bits per heavy atom. The van der Waals surface area contributed by atoms with Gasteiger partial charge in [-0.15, -0.1) is 0 Å². The lowest BCUT2D eigenvalue weighted by molar-refractivity contribution is -0.137. The van der Waals surface area contributed by atoms with E-state index in [1.54, 1.807) is 19.9 Å². The largest absolute Gasteiger partial charge is 0.481 e. The van der Waals surface area contributed by atoms with Gasteiger partial charge in [0.15, 0.2) is 0 Å². The smallest absolute Gasteiger partial charge is 0.322 e. The first-order valence-corrected chi connectivity index (χ1v) is 6.24. The number of carboxylic acids is 1. The first-order chi connectivity index (χ1) is 9.21. The highest BCUT2D eigenvalue weighted by atomic mass is 19.1. The number of rotatable bonds is 5. The molecule has 0 aliphatic rings. The van der Waals surface area contributed by atoms with Crippen LogP contribution in [-0.2, 0) is 4.79 Å². The van der Waals surface area contributed by atoms with Crippen LogP contribution in [0.4, 0.5) is 14.9 Å². The van der Waals surface area contributed by atoms with Crippen LogP contribution in [0.3, 0.4) is 0 Å². The maximum atomic E-state index is 13.1. The van der Waals surface area contributed by atoms with Crippen molar-refractivity contribution in [1.82, 2.24) is 5.32 Å². The van der Waals surface area contributed by atoms with Gasteiger partial charge in [-0.05, 0) is 38.5 Å². The predicted octanol–water partition coefficient (Wildman–Crippen LogP) is 2.61. The fourth-order valence-corrected chi connectivity index (χ4v) is 1.66. The summed E-state index contributed by atoms with van der Waals surface area (Å²) in [5, 5.41) is 11.4. The van der Waals surface area contributed by atoms with Crippen LogP contribution in [-0.4, -0.2) is 29.7 Å². The molecule has 0 aliphatic heterocycles. The molecule has 1 aromatic carbocycles. The molecule has 0 bridgehead atoms. The van der Waals surface area contributed by atoms with Crippen LogP contribution in [0.25, 0.3) is 0 Å². The molecule has 0 saturated carbocycles. The molecule has 0 radical (unpaired) electrons. The fraction of sp³-hybridized carbons (Fsp3) is 0.429. The molecule has 0 aliphatic carbocycles. The number of carbonyl (C=O) groups is 2. The van der Waals surface area contributed by atoms with Gasteiger partial charge in [0.2, 0.25) is 0 Å². The number of nitrogens with zero attached hydrogens (tertiary/aromatic N) is 1. The third-order valence-electron chi connectivity index (χ3n) is 2.91. The topological polar surface area (TPSA) is 69.6 Å². The van der Waals surface area contributed by atoms with Crippen LogP contribution in [0.15, 0.2) is 24.3 Å². The normalized spacial score (nSPS) is 11.0. The maximum absolute atomic E-state index is 13.1. The van der Waals surface area contributed by atoms with E-state index in [9.17, 15) is 14.0 Å². The van der Waals surface area contributed by atoms with Gasteiger partial charge in [-0.1, -0.05) is 6.07 Å². The summed E-state index contributed by atoms with van der Waals surface area (Å²) < 4.78 is 13.1. The van der Waals surface area contributed by atoms with Crippen molar-refractivity contribution in [2.45, 2.75) is 32.2 Å². The van der Waals surface area contributed by atoms with Gasteiger partial charge in [-0.25, -0.2) is 9.18 Å². The van der Waals surface area contributed by atoms with Gasteiger partial charge in [0.05, 0.1) is 0 Å². The summed E-state index contributed by atoms with van der Waals surface area (Å²) in [5.41, 5.74) is -0.228. The lowest BCUT2D eigenvalue weighted by Gasteiger charge is -2.29. The average molecular weight is 282 g/mol. The van der Waals surface area contributed by atoms with E-state index in [1.807, 2.05) is 0 Å². The van der Waals surface area contributed by atoms with Gasteiger partial charge in [0.1, 0.15) is 5.82 Å². The second-order valence-electron chi connectivity index (χ2n) is 5.25. The Morgan fingerprint density at radius 1 is 1.40 bits per heavy atom. The molecule has 0 fully saturated rings. The third kappa shape index (κ3) is 4.87. The second-order valence-corrected chi connectivity index (χ2v) is 5.25. The Labute approximate surface area is 117 Å². The van der Waals surface area contributed by atoms with Gasteiger partial charge >= 0.3 is 12.0 Å². The number of anilines is 1. The van der Waals surface area contributed by atoms with Crippen molar-refractivity contribution >= 4 is 17.7 Å². The van der Waals surface area contributed by atoms with Crippen LogP contribution >= 0.6 is 0 Å². The third-order valence-corrected chi connectivity index (χ3v) is 2.91. The zero-order valence-corrected chi connectivity index (χ0v) is 11.8. The number of urea groups is 1. The Bertz CT molecular complexity index is 503. The van der Waals surface area contributed by atoms with Crippen molar-refractivity contribution in [3.63, 3.8) is 0 Å². The molecule has 110 valence electrons. The number of nitrogens with one attached hydrogen (secondary N) is 1. The zero-order chi connectivity index (χ0) is 15.3. The predicted molar refractivity (Wildman–Crippen MR) is 74.3 cm³/mol. The molecular weight excluding hydrogens is 263 g/mol. The molecule has 0 spiro atoms. The summed E-state index contributed by atoms with van der Waals surface area (Å²) in [4.78, 5) is 23.9. The maximum Gasteiger partial charge on any atom is 0.322 e. The summed E-state index contributed by atoms with van der Waals surface area (Å²) in [5.74, 6) is -1.34. The monoisotopic (exact) mass is 282 g/mol. The van der Waals surface area contributed by atoms with Crippen molar-refractivity contribution < 1.29 is 19.1 Å². The summed E-state index contributed by atoms with van der Waals surface area (Å²) in [7, 11) is 1.53. The van der Waals surface area contributed by atoms with Gasteiger partial charge in [-0.3, -0.25) is 9.69 Å². The van der Waals surface area contributed by atoms with E-state index in [2.05, 4.69) is 5.32 Å². The summed E-state index contributed by atoms with van der Waals surface area (Å²) >= 11 is 0. The second kappa shape index (κ2) is 6.36. The Hall–Kier alpha value is -2.11. The molecule has 2 amide bonds. The number of carboxylic acid groups (broad SMARTS) is 1. The van der Waals surface area contributed by atoms with Gasteiger partial charge in [0.25, 0.3) is 0 Å². The number of aliphatic carboxylic acids is 1. The van der Waals surface area contributed by atoms with Gasteiger partial charge < -0.3 is 10.4 Å². The van der Waals surface area contributed by atoms with Crippen LogP contribution in [0.2, 0.25) is 0 Å². The lowest BCUT2D eigenvalue weighted by Crippen LogP contribution is -2.49. The van der Waals surface area contributed by atoms with Crippen molar-refractivity contribution in [2.75, 3.05) is 11.9 Å². The van der Waals surface area contributed by atoms with Crippen molar-refractivity contribution in [3.8, 4) is 0 Å². The van der Waals surface area contributed by atoms with Gasteiger partial charge in [0, 0.05) is 24.7 Å². The highest BCUT2D eigenvalue weighted by molar-refractivity contribution is 5.91. The van der Waals surface area contributed by atoms with E-state index in [1.165, 1.54) is 30.1 Å². The average Bonchev–Trinajstić information content (AvgIpc) is 2.35. The van der Waals surface area contributed by atoms with Crippen molar-refractivity contribution in [2.24, 2.45) is 0 Å². The zero-order valence-electron chi connectivity index (χ0n) is 11.8. The molecule has 0 saturated heterocycles. The van der Waals surface area contributed by atoms with E-state index in [4.69, 9.17) is 5.11 Å². The summed E-state index contributed by atoms with van der Waals surface area (Å²) in [6.07, 6.45) is 0.280. The first kappa shape index (κ1) is 15.9. The Morgan fingerprint density at radius 2 is 2.05 bits per heavy atom. The minimum absolute atomic E-state index is 0.0308. The number of carbonyl (C=O) groups excluding carboxylic acids is 1. The van der Waals surface area contributed by atoms with Crippen LogP contribution < -0.4 is 10.2 Å². The molecule has 0 unspecified atom stereocenters. The van der Waals surface area contributed by atoms with Crippen LogP contribution in [0.5, 0.6) is 0 Å². The minimum Gasteiger partial charge on any atom is -0.481 e. The number of hydrogen-bond donors (Lipinski definition) is 2. The molecule has 1 aromatic rings. The van der Waals surface area contributed by atoms with Crippen molar-refractivity contribution in [1.29, 1.82) is 0 Å². The molecule has 0 aromatic heterocycles. The summed E-state index contributed by atoms with van der Waals surface area (Å²) in [6, 6.07) is 5.28. The Balaban J connectivity index is 2.68. The SMILES string of the molecule is CN(C(=O)NC(C)(C)CCC(=O)O)c1cccc(F)c1. The highest BCUT2D eigenvalue weighted by Gasteiger charge is 2.23. The lowest BCUT2D eigenvalue weighted by atomic mass is 9.99. The molecule has 20 heavy (non-hydrogen) atoms. The number of amides is 2. The van der Waals surface area contributed by atoms with E-state index >= 15 is 0 Å². The van der Waals surface area contributed by atoms with E-state index < -0.39 is 23.4 Å². The quantitative estimate of drug-likeness (QED) is 0.872. The minimum atomic E-state index is -0.911. The van der Waals surface area contributed by atoms with Crippen LogP contribution in [0, 0.1) is 5.82 Å². The van der Waals surface area contributed by atoms with Gasteiger partial charge in [-0.2, -0.15) is 0 Å². The van der Waals surface area contributed by atoms with E-state index in [0.29, 0.717) is 12.1 Å². The number of benzene rings is 1. The Kier molecular flexibility index (Phi) is 5.07. The molecule has 1 rings (SSSR count). The molecule has 6 heteroatoms. The molecule has 0 atom stereocenters. The molecular formula is C14H19FN2O3.